The van der Waals surface area contributed by atoms with Crippen molar-refractivity contribution in [1.29, 1.82) is 0 Å². The van der Waals surface area contributed by atoms with Crippen LogP contribution < -0.4 is 10.1 Å². The molecule has 134 valence electrons. The van der Waals surface area contributed by atoms with Crippen molar-refractivity contribution >= 4 is 28.5 Å². The Kier molecular flexibility index (Phi) is 5.22. The number of carbonyl (C=O) groups excluding carboxylic acids is 2. The average Bonchev–Trinajstić information content (AvgIpc) is 3.04. The lowest BCUT2D eigenvalue weighted by molar-refractivity contribution is -0.132. The first-order valence-electron chi connectivity index (χ1n) is 8.20. The molecule has 0 fully saturated rings. The lowest BCUT2D eigenvalue weighted by Gasteiger charge is -2.16. The first-order valence-corrected chi connectivity index (χ1v) is 8.20. The van der Waals surface area contributed by atoms with E-state index in [1.807, 2.05) is 30.3 Å². The van der Waals surface area contributed by atoms with Crippen molar-refractivity contribution in [3.8, 4) is 5.75 Å². The number of likely N-dealkylation sites (N-methyl/N-ethyl adjacent to an activating group) is 1. The Hall–Kier alpha value is -3.28. The Labute approximate surface area is 151 Å². The molecule has 0 aliphatic carbocycles. The maximum atomic E-state index is 12.4. The summed E-state index contributed by atoms with van der Waals surface area (Å²) in [6, 6.07) is 14.6. The molecule has 2 aromatic carbocycles. The number of furan rings is 1. The second kappa shape index (κ2) is 7.74. The van der Waals surface area contributed by atoms with Crippen molar-refractivity contribution in [3.05, 3.63) is 60.4 Å². The minimum atomic E-state index is -0.242. The number of ether oxygens (including phenoxy) is 1. The molecule has 6 heteroatoms. The van der Waals surface area contributed by atoms with Crippen molar-refractivity contribution in [2.45, 2.75) is 6.42 Å². The molecule has 0 atom stereocenters. The van der Waals surface area contributed by atoms with Crippen molar-refractivity contribution < 1.29 is 18.7 Å². The van der Waals surface area contributed by atoms with E-state index in [9.17, 15) is 9.59 Å². The molecule has 0 saturated carbocycles. The van der Waals surface area contributed by atoms with E-state index in [-0.39, 0.29) is 24.8 Å². The van der Waals surface area contributed by atoms with E-state index in [0.29, 0.717) is 17.0 Å². The minimum Gasteiger partial charge on any atom is -0.497 e. The van der Waals surface area contributed by atoms with Crippen LogP contribution in [0.1, 0.15) is 5.56 Å². The van der Waals surface area contributed by atoms with Crippen LogP contribution in [0.4, 0.5) is 5.69 Å². The molecule has 26 heavy (non-hydrogen) atoms. The van der Waals surface area contributed by atoms with Crippen LogP contribution in [-0.2, 0) is 16.0 Å². The summed E-state index contributed by atoms with van der Waals surface area (Å²) in [4.78, 5) is 25.9. The fourth-order valence-electron chi connectivity index (χ4n) is 2.65. The Morgan fingerprint density at radius 3 is 2.65 bits per heavy atom. The van der Waals surface area contributed by atoms with E-state index >= 15 is 0 Å². The average molecular weight is 352 g/mol. The molecule has 0 spiro atoms. The Morgan fingerprint density at radius 1 is 1.15 bits per heavy atom. The summed E-state index contributed by atoms with van der Waals surface area (Å²) in [5.74, 6) is 0.292. The van der Waals surface area contributed by atoms with Crippen molar-refractivity contribution in [1.82, 2.24) is 4.90 Å². The van der Waals surface area contributed by atoms with Gasteiger partial charge in [0.25, 0.3) is 0 Å². The van der Waals surface area contributed by atoms with Gasteiger partial charge < -0.3 is 19.4 Å². The largest absolute Gasteiger partial charge is 0.497 e. The van der Waals surface area contributed by atoms with Crippen LogP contribution in [-0.4, -0.2) is 37.4 Å². The summed E-state index contributed by atoms with van der Waals surface area (Å²) >= 11 is 0. The van der Waals surface area contributed by atoms with E-state index in [4.69, 9.17) is 9.15 Å². The number of hydrogen-bond donors (Lipinski definition) is 1. The predicted octanol–water partition coefficient (Wildman–Crippen LogP) is 3.08. The molecule has 0 saturated heterocycles. The third kappa shape index (κ3) is 4.03. The molecule has 6 nitrogen and oxygen atoms in total. The summed E-state index contributed by atoms with van der Waals surface area (Å²) in [7, 11) is 3.20. The van der Waals surface area contributed by atoms with E-state index in [1.54, 1.807) is 38.6 Å². The minimum absolute atomic E-state index is 0.0165. The summed E-state index contributed by atoms with van der Waals surface area (Å²) in [6.45, 7) is -0.0165. The van der Waals surface area contributed by atoms with E-state index in [1.165, 1.54) is 4.90 Å². The molecular weight excluding hydrogens is 332 g/mol. The zero-order valence-electron chi connectivity index (χ0n) is 14.7. The fourth-order valence-corrected chi connectivity index (χ4v) is 2.65. The third-order valence-corrected chi connectivity index (χ3v) is 4.07. The van der Waals surface area contributed by atoms with Crippen LogP contribution in [0.3, 0.4) is 0 Å². The van der Waals surface area contributed by atoms with Gasteiger partial charge in [-0.25, -0.2) is 0 Å². The molecule has 1 aromatic heterocycles. The van der Waals surface area contributed by atoms with Gasteiger partial charge in [-0.1, -0.05) is 18.2 Å². The van der Waals surface area contributed by atoms with Crippen LogP contribution in [0, 0.1) is 0 Å². The van der Waals surface area contributed by atoms with Gasteiger partial charge in [-0.05, 0) is 24.3 Å². The van der Waals surface area contributed by atoms with Gasteiger partial charge in [0.1, 0.15) is 11.3 Å². The van der Waals surface area contributed by atoms with Crippen molar-refractivity contribution in [2.24, 2.45) is 0 Å². The maximum absolute atomic E-state index is 12.4. The van der Waals surface area contributed by atoms with Crippen LogP contribution in [0.2, 0.25) is 0 Å². The number of amides is 2. The fraction of sp³-hybridized carbons (Fsp3) is 0.200. The number of hydrogen-bond acceptors (Lipinski definition) is 4. The van der Waals surface area contributed by atoms with Gasteiger partial charge in [0.15, 0.2) is 0 Å². The number of para-hydroxylation sites is 1. The second-order valence-corrected chi connectivity index (χ2v) is 5.96. The SMILES string of the molecule is COc1ccc2c(CC(=O)N(C)CC(=O)Nc3ccccc3)coc2c1. The summed E-state index contributed by atoms with van der Waals surface area (Å²) in [5, 5.41) is 3.63. The monoisotopic (exact) mass is 352 g/mol. The molecule has 0 bridgehead atoms. The topological polar surface area (TPSA) is 71.8 Å². The summed E-state index contributed by atoms with van der Waals surface area (Å²) < 4.78 is 10.7. The van der Waals surface area contributed by atoms with Gasteiger partial charge in [0.05, 0.1) is 26.3 Å². The quantitative estimate of drug-likeness (QED) is 0.740. The van der Waals surface area contributed by atoms with Crippen molar-refractivity contribution in [3.63, 3.8) is 0 Å². The highest BCUT2D eigenvalue weighted by atomic mass is 16.5. The molecule has 0 unspecified atom stereocenters. The predicted molar refractivity (Wildman–Crippen MR) is 99.2 cm³/mol. The number of rotatable bonds is 6. The van der Waals surface area contributed by atoms with Crippen LogP contribution in [0.5, 0.6) is 5.75 Å². The summed E-state index contributed by atoms with van der Waals surface area (Å²) in [6.07, 6.45) is 1.73. The first kappa shape index (κ1) is 17.5. The maximum Gasteiger partial charge on any atom is 0.243 e. The Morgan fingerprint density at radius 2 is 1.92 bits per heavy atom. The normalized spacial score (nSPS) is 10.5. The van der Waals surface area contributed by atoms with Gasteiger partial charge in [-0.2, -0.15) is 0 Å². The molecule has 0 radical (unpaired) electrons. The number of methoxy groups -OCH3 is 1. The molecule has 2 amide bonds. The lowest BCUT2D eigenvalue weighted by Crippen LogP contribution is -2.35. The van der Waals surface area contributed by atoms with Gasteiger partial charge in [-0.15, -0.1) is 0 Å². The van der Waals surface area contributed by atoms with E-state index in [0.717, 1.165) is 10.9 Å². The zero-order chi connectivity index (χ0) is 18.5. The molecule has 1 N–H and O–H groups in total. The number of nitrogens with one attached hydrogen (secondary N) is 1. The molecule has 3 rings (SSSR count). The van der Waals surface area contributed by atoms with Gasteiger partial charge in [0.2, 0.25) is 11.8 Å². The molecule has 0 aliphatic rings. The highest BCUT2D eigenvalue weighted by Crippen LogP contribution is 2.26. The Balaban J connectivity index is 1.61. The molecule has 3 aromatic rings. The number of anilines is 1. The second-order valence-electron chi connectivity index (χ2n) is 5.96. The van der Waals surface area contributed by atoms with Crippen LogP contribution in [0.25, 0.3) is 11.0 Å². The number of carbonyl (C=O) groups is 2. The third-order valence-electron chi connectivity index (χ3n) is 4.07. The lowest BCUT2D eigenvalue weighted by atomic mass is 10.1. The smallest absolute Gasteiger partial charge is 0.243 e. The zero-order valence-corrected chi connectivity index (χ0v) is 14.7. The van der Waals surface area contributed by atoms with Gasteiger partial charge in [0, 0.05) is 29.8 Å². The van der Waals surface area contributed by atoms with Crippen LogP contribution >= 0.6 is 0 Å². The van der Waals surface area contributed by atoms with Crippen LogP contribution in [0.15, 0.2) is 59.2 Å². The highest BCUT2D eigenvalue weighted by Gasteiger charge is 2.16. The molecular formula is C20H20N2O4. The molecule has 1 heterocycles. The standard InChI is InChI=1S/C20H20N2O4/c1-22(12-19(23)21-15-6-4-3-5-7-15)20(24)10-14-13-26-18-11-16(25-2)8-9-17(14)18/h3-9,11,13H,10,12H2,1-2H3,(H,21,23). The first-order chi connectivity index (χ1) is 12.6. The van der Waals surface area contributed by atoms with E-state index in [2.05, 4.69) is 5.32 Å². The van der Waals surface area contributed by atoms with Gasteiger partial charge in [-0.3, -0.25) is 9.59 Å². The van der Waals surface area contributed by atoms with Crippen molar-refractivity contribution in [2.75, 3.05) is 26.0 Å². The van der Waals surface area contributed by atoms with E-state index < -0.39 is 0 Å². The van der Waals surface area contributed by atoms with Gasteiger partial charge >= 0.3 is 0 Å². The summed E-state index contributed by atoms with van der Waals surface area (Å²) in [5.41, 5.74) is 2.15. The number of nitrogens with zero attached hydrogens (tertiary/aromatic N) is 1. The number of fused-ring (bicyclic) bond motifs is 1. The Bertz CT molecular complexity index is 918. The highest BCUT2D eigenvalue weighted by molar-refractivity contribution is 5.95. The molecule has 0 aliphatic heterocycles. The number of benzene rings is 2.